The molecule has 0 radical (unpaired) electrons. The van der Waals surface area contributed by atoms with Crippen LogP contribution in [0.25, 0.3) is 0 Å². The summed E-state index contributed by atoms with van der Waals surface area (Å²) in [6, 6.07) is 7.14. The minimum atomic E-state index is 0.461. The zero-order chi connectivity index (χ0) is 11.5. The van der Waals surface area contributed by atoms with Crippen LogP contribution in [0.15, 0.2) is 34.3 Å². The van der Waals surface area contributed by atoms with Crippen molar-refractivity contribution in [3.8, 4) is 0 Å². The van der Waals surface area contributed by atoms with Gasteiger partial charge in [0.15, 0.2) is 0 Å². The molecule has 1 aliphatic rings. The summed E-state index contributed by atoms with van der Waals surface area (Å²) in [6.07, 6.45) is 0. The van der Waals surface area contributed by atoms with Crippen molar-refractivity contribution in [1.82, 2.24) is 10.2 Å². The van der Waals surface area contributed by atoms with Crippen molar-refractivity contribution in [2.45, 2.75) is 6.04 Å². The second kappa shape index (κ2) is 5.31. The average molecular weight is 264 g/mol. The maximum absolute atomic E-state index is 3.42. The van der Waals surface area contributed by atoms with Gasteiger partial charge in [-0.1, -0.05) is 6.07 Å². The lowest BCUT2D eigenvalue weighted by molar-refractivity contribution is 0.201. The normalized spacial score (nSPS) is 19.3. The van der Waals surface area contributed by atoms with Gasteiger partial charge in [-0.3, -0.25) is 4.90 Å². The fraction of sp³-hybridized carbons (Fsp3) is 0.385. The van der Waals surface area contributed by atoms with Gasteiger partial charge in [0.25, 0.3) is 0 Å². The van der Waals surface area contributed by atoms with Crippen molar-refractivity contribution in [2.24, 2.45) is 0 Å². The minimum absolute atomic E-state index is 0.461. The van der Waals surface area contributed by atoms with Crippen molar-refractivity contribution in [3.05, 3.63) is 44.8 Å². The number of thiophene rings is 2. The highest BCUT2D eigenvalue weighted by molar-refractivity contribution is 7.10. The molecule has 1 N–H and O–H groups in total. The number of nitrogens with zero attached hydrogens (tertiary/aromatic N) is 1. The third-order valence-corrected chi connectivity index (χ3v) is 4.81. The fourth-order valence-corrected chi connectivity index (χ4v) is 3.94. The highest BCUT2D eigenvalue weighted by Gasteiger charge is 2.24. The molecule has 1 atom stereocenters. The number of hydrogen-bond acceptors (Lipinski definition) is 4. The molecule has 3 rings (SSSR count). The van der Waals surface area contributed by atoms with Crippen LogP contribution < -0.4 is 5.32 Å². The largest absolute Gasteiger partial charge is 0.314 e. The molecule has 0 aliphatic carbocycles. The van der Waals surface area contributed by atoms with Gasteiger partial charge in [-0.2, -0.15) is 11.3 Å². The third-order valence-electron chi connectivity index (χ3n) is 3.19. The smallest absolute Gasteiger partial charge is 0.0705 e. The lowest BCUT2D eigenvalue weighted by Gasteiger charge is -2.34. The lowest BCUT2D eigenvalue weighted by atomic mass is 10.1. The molecule has 3 heterocycles. The highest BCUT2D eigenvalue weighted by Crippen LogP contribution is 2.32. The van der Waals surface area contributed by atoms with Gasteiger partial charge in [-0.25, -0.2) is 0 Å². The Morgan fingerprint density at radius 2 is 2.06 bits per heavy atom. The van der Waals surface area contributed by atoms with Crippen LogP contribution in [0.4, 0.5) is 0 Å². The van der Waals surface area contributed by atoms with Crippen LogP contribution in [0.3, 0.4) is 0 Å². The van der Waals surface area contributed by atoms with Crippen LogP contribution in [0.5, 0.6) is 0 Å². The van der Waals surface area contributed by atoms with Crippen molar-refractivity contribution in [1.29, 1.82) is 0 Å². The third kappa shape index (κ3) is 2.45. The average Bonchev–Trinajstić information content (AvgIpc) is 3.04. The van der Waals surface area contributed by atoms with Gasteiger partial charge in [-0.15, -0.1) is 11.3 Å². The lowest BCUT2D eigenvalue weighted by Crippen LogP contribution is -2.45. The van der Waals surface area contributed by atoms with Gasteiger partial charge >= 0.3 is 0 Å². The maximum atomic E-state index is 3.42. The standard InChI is InChI=1S/C13H16N2S2/c1-2-12(17-8-1)13(11-3-9-16-10-11)15-6-4-14-5-7-15/h1-3,8-10,13-14H,4-7H2. The van der Waals surface area contributed by atoms with E-state index < -0.39 is 0 Å². The Hall–Kier alpha value is -0.680. The van der Waals surface area contributed by atoms with Crippen LogP contribution >= 0.6 is 22.7 Å². The second-order valence-corrected chi connectivity index (χ2v) is 6.02. The van der Waals surface area contributed by atoms with E-state index >= 15 is 0 Å². The van der Waals surface area contributed by atoms with Gasteiger partial charge in [-0.05, 0) is 33.8 Å². The van der Waals surface area contributed by atoms with Crippen molar-refractivity contribution in [2.75, 3.05) is 26.2 Å². The van der Waals surface area contributed by atoms with E-state index in [-0.39, 0.29) is 0 Å². The van der Waals surface area contributed by atoms with Crippen LogP contribution in [0.1, 0.15) is 16.5 Å². The highest BCUT2D eigenvalue weighted by atomic mass is 32.1. The molecule has 0 saturated carbocycles. The summed E-state index contributed by atoms with van der Waals surface area (Å²) in [5, 5.41) is 10.1. The van der Waals surface area contributed by atoms with E-state index in [1.54, 1.807) is 11.3 Å². The molecule has 1 unspecified atom stereocenters. The zero-order valence-corrected chi connectivity index (χ0v) is 11.3. The van der Waals surface area contributed by atoms with Gasteiger partial charge in [0, 0.05) is 31.1 Å². The van der Waals surface area contributed by atoms with Crippen LogP contribution in [-0.4, -0.2) is 31.1 Å². The molecule has 0 bridgehead atoms. The molecule has 1 aliphatic heterocycles. The van der Waals surface area contributed by atoms with Crippen LogP contribution in [0.2, 0.25) is 0 Å². The summed E-state index contributed by atoms with van der Waals surface area (Å²) >= 11 is 3.66. The Balaban J connectivity index is 1.91. The summed E-state index contributed by atoms with van der Waals surface area (Å²) in [6.45, 7) is 4.48. The first-order valence-electron chi connectivity index (χ1n) is 5.95. The van der Waals surface area contributed by atoms with E-state index in [9.17, 15) is 0 Å². The summed E-state index contributed by atoms with van der Waals surface area (Å²) in [5.74, 6) is 0. The minimum Gasteiger partial charge on any atom is -0.314 e. The number of rotatable bonds is 3. The first-order valence-corrected chi connectivity index (χ1v) is 7.77. The zero-order valence-electron chi connectivity index (χ0n) is 9.63. The predicted molar refractivity (Wildman–Crippen MR) is 74.9 cm³/mol. The molecule has 1 fully saturated rings. The SMILES string of the molecule is c1csc(C(c2ccsc2)N2CCNCC2)c1. The second-order valence-electron chi connectivity index (χ2n) is 4.26. The van der Waals surface area contributed by atoms with E-state index in [0.29, 0.717) is 6.04 Å². The first-order chi connectivity index (χ1) is 8.45. The summed E-state index contributed by atoms with van der Waals surface area (Å²) in [5.41, 5.74) is 1.44. The Morgan fingerprint density at radius 3 is 2.71 bits per heavy atom. The topological polar surface area (TPSA) is 15.3 Å². The molecule has 0 spiro atoms. The van der Waals surface area contributed by atoms with Crippen molar-refractivity contribution < 1.29 is 0 Å². The van der Waals surface area contributed by atoms with E-state index in [1.807, 2.05) is 11.3 Å². The number of nitrogens with one attached hydrogen (secondary N) is 1. The Bertz CT molecular complexity index is 396. The Morgan fingerprint density at radius 1 is 1.18 bits per heavy atom. The quantitative estimate of drug-likeness (QED) is 0.917. The Labute approximate surface area is 110 Å². The van der Waals surface area contributed by atoms with E-state index in [0.717, 1.165) is 26.2 Å². The molecule has 90 valence electrons. The van der Waals surface area contributed by atoms with Gasteiger partial charge in [0.1, 0.15) is 0 Å². The number of piperazine rings is 1. The first kappa shape index (κ1) is 11.4. The summed E-state index contributed by atoms with van der Waals surface area (Å²) < 4.78 is 0. The van der Waals surface area contributed by atoms with Crippen LogP contribution in [-0.2, 0) is 0 Å². The monoisotopic (exact) mass is 264 g/mol. The van der Waals surface area contributed by atoms with E-state index in [4.69, 9.17) is 0 Å². The fourth-order valence-electron chi connectivity index (χ4n) is 2.37. The van der Waals surface area contributed by atoms with E-state index in [1.165, 1.54) is 10.4 Å². The van der Waals surface area contributed by atoms with Crippen LogP contribution in [0, 0.1) is 0 Å². The van der Waals surface area contributed by atoms with Gasteiger partial charge in [0.2, 0.25) is 0 Å². The van der Waals surface area contributed by atoms with Gasteiger partial charge < -0.3 is 5.32 Å². The molecular formula is C13H16N2S2. The van der Waals surface area contributed by atoms with Crippen molar-refractivity contribution >= 4 is 22.7 Å². The van der Waals surface area contributed by atoms with E-state index in [2.05, 4.69) is 44.6 Å². The molecule has 4 heteroatoms. The Kier molecular flexibility index (Phi) is 3.57. The molecule has 2 aromatic heterocycles. The summed E-state index contributed by atoms with van der Waals surface area (Å²) in [7, 11) is 0. The number of hydrogen-bond donors (Lipinski definition) is 1. The molecule has 0 amide bonds. The molecule has 2 nitrogen and oxygen atoms in total. The molecule has 2 aromatic rings. The van der Waals surface area contributed by atoms with Crippen molar-refractivity contribution in [3.63, 3.8) is 0 Å². The molecular weight excluding hydrogens is 248 g/mol. The molecule has 17 heavy (non-hydrogen) atoms. The summed E-state index contributed by atoms with van der Waals surface area (Å²) in [4.78, 5) is 4.05. The predicted octanol–water partition coefficient (Wildman–Crippen LogP) is 2.80. The maximum Gasteiger partial charge on any atom is 0.0705 e. The molecule has 1 saturated heterocycles. The van der Waals surface area contributed by atoms with Gasteiger partial charge in [0.05, 0.1) is 6.04 Å². The molecule has 0 aromatic carbocycles.